The van der Waals surface area contributed by atoms with Gasteiger partial charge in [0.15, 0.2) is 0 Å². The first-order valence-electron chi connectivity index (χ1n) is 8.10. The summed E-state index contributed by atoms with van der Waals surface area (Å²) in [6.07, 6.45) is 1.00. The molecule has 3 rings (SSSR count). The monoisotopic (exact) mass is 323 g/mol. The fourth-order valence-electron chi connectivity index (χ4n) is 2.51. The van der Waals surface area contributed by atoms with Crippen molar-refractivity contribution in [2.75, 3.05) is 13.2 Å². The Morgan fingerprint density at radius 3 is 2.92 bits per heavy atom. The maximum atomic E-state index is 11.9. The zero-order valence-corrected chi connectivity index (χ0v) is 13.7. The summed E-state index contributed by atoms with van der Waals surface area (Å²) in [5, 5.41) is 2.87. The molecular formula is C19H21N3O2. The summed E-state index contributed by atoms with van der Waals surface area (Å²) < 4.78 is 5.61. The van der Waals surface area contributed by atoms with Crippen molar-refractivity contribution in [3.63, 3.8) is 0 Å². The Balaban J connectivity index is 1.38. The second-order valence-electron chi connectivity index (χ2n) is 5.72. The predicted octanol–water partition coefficient (Wildman–Crippen LogP) is 3.00. The molecule has 0 saturated carbocycles. The van der Waals surface area contributed by atoms with Gasteiger partial charge in [0.1, 0.15) is 18.2 Å². The van der Waals surface area contributed by atoms with Crippen LogP contribution in [0.25, 0.3) is 11.0 Å². The molecule has 1 heterocycles. The predicted molar refractivity (Wildman–Crippen MR) is 94.1 cm³/mol. The minimum atomic E-state index is 0.00305. The number of imidazole rings is 1. The number of aromatic nitrogens is 2. The molecule has 0 aliphatic carbocycles. The van der Waals surface area contributed by atoms with E-state index in [1.807, 2.05) is 55.5 Å². The molecule has 5 nitrogen and oxygen atoms in total. The molecule has 0 unspecified atom stereocenters. The largest absolute Gasteiger partial charge is 0.492 e. The van der Waals surface area contributed by atoms with Gasteiger partial charge < -0.3 is 15.0 Å². The minimum absolute atomic E-state index is 0.00305. The Morgan fingerprint density at radius 1 is 1.21 bits per heavy atom. The number of amides is 1. The molecular weight excluding hydrogens is 302 g/mol. The van der Waals surface area contributed by atoms with Crippen LogP contribution < -0.4 is 10.1 Å². The number of para-hydroxylation sites is 2. The van der Waals surface area contributed by atoms with Crippen LogP contribution in [0.1, 0.15) is 17.8 Å². The van der Waals surface area contributed by atoms with Gasteiger partial charge in [-0.2, -0.15) is 0 Å². The molecule has 0 saturated heterocycles. The Bertz CT molecular complexity index is 793. The van der Waals surface area contributed by atoms with Crippen LogP contribution in [-0.4, -0.2) is 29.0 Å². The number of benzene rings is 2. The van der Waals surface area contributed by atoms with Crippen LogP contribution in [0.2, 0.25) is 0 Å². The van der Waals surface area contributed by atoms with Gasteiger partial charge in [-0.05, 0) is 36.8 Å². The van der Waals surface area contributed by atoms with Gasteiger partial charge in [0.25, 0.3) is 0 Å². The van der Waals surface area contributed by atoms with E-state index in [1.54, 1.807) is 0 Å². The van der Waals surface area contributed by atoms with Crippen LogP contribution in [0, 0.1) is 6.92 Å². The molecule has 0 fully saturated rings. The maximum Gasteiger partial charge on any atom is 0.220 e. The number of hydrogen-bond donors (Lipinski definition) is 2. The molecule has 24 heavy (non-hydrogen) atoms. The number of carbonyl (C=O) groups is 1. The van der Waals surface area contributed by atoms with Crippen molar-refractivity contribution in [2.24, 2.45) is 0 Å². The summed E-state index contributed by atoms with van der Waals surface area (Å²) in [4.78, 5) is 19.6. The van der Waals surface area contributed by atoms with Crippen molar-refractivity contribution in [2.45, 2.75) is 19.8 Å². The van der Waals surface area contributed by atoms with E-state index in [4.69, 9.17) is 4.74 Å². The number of aromatic amines is 1. The molecule has 1 aromatic heterocycles. The third-order valence-electron chi connectivity index (χ3n) is 3.71. The van der Waals surface area contributed by atoms with E-state index in [0.717, 1.165) is 28.2 Å². The first-order valence-corrected chi connectivity index (χ1v) is 8.10. The first-order chi connectivity index (χ1) is 11.7. The number of hydrogen-bond acceptors (Lipinski definition) is 3. The average molecular weight is 323 g/mol. The van der Waals surface area contributed by atoms with Crippen LogP contribution in [-0.2, 0) is 11.2 Å². The Hall–Kier alpha value is -2.82. The smallest absolute Gasteiger partial charge is 0.220 e. The van der Waals surface area contributed by atoms with Gasteiger partial charge in [-0.15, -0.1) is 0 Å². The van der Waals surface area contributed by atoms with Crippen LogP contribution in [0.4, 0.5) is 0 Å². The van der Waals surface area contributed by atoms with Crippen LogP contribution in [0.3, 0.4) is 0 Å². The summed E-state index contributed by atoms with van der Waals surface area (Å²) in [5.41, 5.74) is 3.08. The average Bonchev–Trinajstić information content (AvgIpc) is 3.00. The van der Waals surface area contributed by atoms with Gasteiger partial charge >= 0.3 is 0 Å². The van der Waals surface area contributed by atoms with E-state index in [-0.39, 0.29) is 5.91 Å². The number of rotatable bonds is 7. The standard InChI is InChI=1S/C19H21N3O2/c1-14-5-4-6-15(13-14)24-12-11-20-19(23)10-9-18-21-16-7-2-3-8-17(16)22-18/h2-8,13H,9-12H2,1H3,(H,20,23)(H,21,22). The highest BCUT2D eigenvalue weighted by Gasteiger charge is 2.06. The molecule has 3 aromatic rings. The Morgan fingerprint density at radius 2 is 2.08 bits per heavy atom. The summed E-state index contributed by atoms with van der Waals surface area (Å²) in [5.74, 6) is 1.66. The van der Waals surface area contributed by atoms with Gasteiger partial charge in [0.05, 0.1) is 17.6 Å². The van der Waals surface area contributed by atoms with E-state index in [2.05, 4.69) is 15.3 Å². The normalized spacial score (nSPS) is 10.7. The number of fused-ring (bicyclic) bond motifs is 1. The lowest BCUT2D eigenvalue weighted by molar-refractivity contribution is -0.121. The molecule has 5 heteroatoms. The molecule has 0 aliphatic heterocycles. The van der Waals surface area contributed by atoms with Gasteiger partial charge in [-0.3, -0.25) is 4.79 Å². The van der Waals surface area contributed by atoms with Gasteiger partial charge in [0.2, 0.25) is 5.91 Å². The number of carbonyl (C=O) groups excluding carboxylic acids is 1. The number of H-pyrrole nitrogens is 1. The molecule has 0 atom stereocenters. The number of nitrogens with one attached hydrogen (secondary N) is 2. The van der Waals surface area contributed by atoms with Gasteiger partial charge in [0, 0.05) is 12.8 Å². The molecule has 2 N–H and O–H groups in total. The Kier molecular flexibility index (Phi) is 5.11. The van der Waals surface area contributed by atoms with Gasteiger partial charge in [-0.1, -0.05) is 24.3 Å². The second-order valence-corrected chi connectivity index (χ2v) is 5.72. The summed E-state index contributed by atoms with van der Waals surface area (Å²) in [7, 11) is 0. The van der Waals surface area contributed by atoms with Crippen molar-refractivity contribution >= 4 is 16.9 Å². The zero-order chi connectivity index (χ0) is 16.8. The fourth-order valence-corrected chi connectivity index (χ4v) is 2.51. The highest BCUT2D eigenvalue weighted by molar-refractivity contribution is 5.77. The Labute approximate surface area is 141 Å². The highest BCUT2D eigenvalue weighted by Crippen LogP contribution is 2.12. The van der Waals surface area contributed by atoms with Crippen molar-refractivity contribution in [3.8, 4) is 5.75 Å². The van der Waals surface area contributed by atoms with Crippen molar-refractivity contribution in [1.29, 1.82) is 0 Å². The topological polar surface area (TPSA) is 67.0 Å². The summed E-state index contributed by atoms with van der Waals surface area (Å²) in [6, 6.07) is 15.7. The highest BCUT2D eigenvalue weighted by atomic mass is 16.5. The lowest BCUT2D eigenvalue weighted by atomic mass is 10.2. The lowest BCUT2D eigenvalue weighted by Crippen LogP contribution is -2.28. The van der Waals surface area contributed by atoms with E-state index in [0.29, 0.717) is 26.0 Å². The van der Waals surface area contributed by atoms with Crippen LogP contribution >= 0.6 is 0 Å². The van der Waals surface area contributed by atoms with Gasteiger partial charge in [-0.25, -0.2) is 4.98 Å². The molecule has 0 aliphatic rings. The first kappa shape index (κ1) is 16.1. The van der Waals surface area contributed by atoms with Crippen molar-refractivity contribution in [1.82, 2.24) is 15.3 Å². The summed E-state index contributed by atoms with van der Waals surface area (Å²) >= 11 is 0. The van der Waals surface area contributed by atoms with Crippen LogP contribution in [0.5, 0.6) is 5.75 Å². The van der Waals surface area contributed by atoms with Crippen LogP contribution in [0.15, 0.2) is 48.5 Å². The van der Waals surface area contributed by atoms with Crippen molar-refractivity contribution < 1.29 is 9.53 Å². The molecule has 2 aromatic carbocycles. The SMILES string of the molecule is Cc1cccc(OCCNC(=O)CCc2nc3ccccc3[nH]2)c1. The number of aryl methyl sites for hydroxylation is 2. The van der Waals surface area contributed by atoms with E-state index >= 15 is 0 Å². The molecule has 124 valence electrons. The molecule has 0 radical (unpaired) electrons. The zero-order valence-electron chi connectivity index (χ0n) is 13.7. The number of nitrogens with zero attached hydrogens (tertiary/aromatic N) is 1. The molecule has 1 amide bonds. The second kappa shape index (κ2) is 7.64. The maximum absolute atomic E-state index is 11.9. The molecule has 0 bridgehead atoms. The van der Waals surface area contributed by atoms with E-state index in [1.165, 1.54) is 0 Å². The minimum Gasteiger partial charge on any atom is -0.492 e. The van der Waals surface area contributed by atoms with E-state index in [9.17, 15) is 4.79 Å². The summed E-state index contributed by atoms with van der Waals surface area (Å²) in [6.45, 7) is 2.97. The quantitative estimate of drug-likeness (QED) is 0.657. The van der Waals surface area contributed by atoms with Crippen molar-refractivity contribution in [3.05, 3.63) is 59.9 Å². The van der Waals surface area contributed by atoms with E-state index < -0.39 is 0 Å². The molecule has 0 spiro atoms. The third kappa shape index (κ3) is 4.35. The number of ether oxygens (including phenoxy) is 1. The fraction of sp³-hybridized carbons (Fsp3) is 0.263. The lowest BCUT2D eigenvalue weighted by Gasteiger charge is -2.08. The third-order valence-corrected chi connectivity index (χ3v) is 3.71.